The van der Waals surface area contributed by atoms with Gasteiger partial charge < -0.3 is 9.47 Å². The van der Waals surface area contributed by atoms with Crippen molar-refractivity contribution in [1.82, 2.24) is 19.2 Å². The molecule has 8 nitrogen and oxygen atoms in total. The van der Waals surface area contributed by atoms with Gasteiger partial charge in [-0.05, 0) is 30.2 Å². The Morgan fingerprint density at radius 1 is 0.906 bits per heavy atom. The van der Waals surface area contributed by atoms with Crippen molar-refractivity contribution in [1.29, 1.82) is 0 Å². The number of aromatic nitrogens is 3. The zero-order chi connectivity index (χ0) is 21.8. The van der Waals surface area contributed by atoms with Crippen LogP contribution in [0.25, 0.3) is 0 Å². The first-order valence-corrected chi connectivity index (χ1v) is 10.9. The lowest BCUT2D eigenvalue weighted by Crippen LogP contribution is -2.44. The Morgan fingerprint density at radius 2 is 1.69 bits per heavy atom. The third kappa shape index (κ3) is 3.22. The summed E-state index contributed by atoms with van der Waals surface area (Å²) < 4.78 is 13.8. The monoisotopic (exact) mass is 432 g/mol. The average Bonchev–Trinajstić information content (AvgIpc) is 3.48. The number of hydrogen-bond donors (Lipinski definition) is 0. The Bertz CT molecular complexity index is 1310. The summed E-state index contributed by atoms with van der Waals surface area (Å²) in [4.78, 5) is 27.8. The summed E-state index contributed by atoms with van der Waals surface area (Å²) in [5.41, 5.74) is 2.27. The fraction of sp³-hybridized carbons (Fsp3) is 0.375. The van der Waals surface area contributed by atoms with Gasteiger partial charge in [-0.2, -0.15) is 5.10 Å². The van der Waals surface area contributed by atoms with Crippen LogP contribution in [-0.4, -0.2) is 39.1 Å². The Morgan fingerprint density at radius 3 is 2.53 bits per heavy atom. The van der Waals surface area contributed by atoms with Crippen molar-refractivity contribution in [3.8, 4) is 11.5 Å². The fourth-order valence-electron chi connectivity index (χ4n) is 5.08. The van der Waals surface area contributed by atoms with Gasteiger partial charge in [-0.3, -0.25) is 19.1 Å². The van der Waals surface area contributed by atoms with Crippen LogP contribution in [0.3, 0.4) is 0 Å². The number of benzene rings is 2. The van der Waals surface area contributed by atoms with E-state index in [9.17, 15) is 9.59 Å². The van der Waals surface area contributed by atoms with E-state index in [0.29, 0.717) is 19.0 Å². The largest absolute Gasteiger partial charge is 0.454 e. The molecule has 32 heavy (non-hydrogen) atoms. The molecule has 3 aromatic rings. The average molecular weight is 432 g/mol. The highest BCUT2D eigenvalue weighted by molar-refractivity contribution is 5.44. The topological polar surface area (TPSA) is 78.6 Å². The minimum absolute atomic E-state index is 0.154. The molecule has 0 unspecified atom stereocenters. The van der Waals surface area contributed by atoms with Crippen LogP contribution < -0.4 is 20.6 Å². The van der Waals surface area contributed by atoms with Crippen molar-refractivity contribution in [2.24, 2.45) is 5.92 Å². The van der Waals surface area contributed by atoms with E-state index in [1.165, 1.54) is 10.2 Å². The lowest BCUT2D eigenvalue weighted by atomic mass is 10.00. The summed E-state index contributed by atoms with van der Waals surface area (Å²) in [5, 5.41) is 4.67. The molecule has 0 bridgehead atoms. The molecule has 0 aliphatic carbocycles. The Balaban J connectivity index is 1.24. The zero-order valence-electron chi connectivity index (χ0n) is 17.9. The van der Waals surface area contributed by atoms with Gasteiger partial charge in [-0.25, -0.2) is 4.68 Å². The molecule has 164 valence electrons. The van der Waals surface area contributed by atoms with E-state index < -0.39 is 11.1 Å². The van der Waals surface area contributed by atoms with E-state index in [4.69, 9.17) is 9.47 Å². The maximum atomic E-state index is 12.8. The minimum Gasteiger partial charge on any atom is -0.454 e. The van der Waals surface area contributed by atoms with E-state index in [-0.39, 0.29) is 12.7 Å². The lowest BCUT2D eigenvalue weighted by Gasteiger charge is -2.18. The third-order valence-electron chi connectivity index (χ3n) is 6.72. The van der Waals surface area contributed by atoms with Crippen LogP contribution in [-0.2, 0) is 19.6 Å². The second-order valence-electron chi connectivity index (χ2n) is 8.97. The molecule has 0 amide bonds. The number of fused-ring (bicyclic) bond motifs is 4. The van der Waals surface area contributed by atoms with E-state index in [2.05, 4.69) is 16.1 Å². The molecule has 0 spiro atoms. The molecule has 1 fully saturated rings. The molecule has 1 saturated heterocycles. The Kier molecular flexibility index (Phi) is 4.43. The van der Waals surface area contributed by atoms with Crippen LogP contribution in [0, 0.1) is 12.8 Å². The summed E-state index contributed by atoms with van der Waals surface area (Å²) in [6.07, 6.45) is 0. The Hall–Kier alpha value is -3.39. The third-order valence-corrected chi connectivity index (χ3v) is 6.72. The molecule has 2 aromatic carbocycles. The summed E-state index contributed by atoms with van der Waals surface area (Å²) in [6.45, 7) is 5.64. The SMILES string of the molecule is Cc1ccc(Cn2nc3n(c(=O)c2=O)C[C@@H]2CN(Cc4ccc5c(c4)OCO5)C[C@H]32)cc1. The van der Waals surface area contributed by atoms with Crippen molar-refractivity contribution in [3.63, 3.8) is 0 Å². The molecule has 0 N–H and O–H groups in total. The highest BCUT2D eigenvalue weighted by Crippen LogP contribution is 2.38. The van der Waals surface area contributed by atoms with Crippen LogP contribution in [0.1, 0.15) is 28.4 Å². The molecule has 3 aliphatic rings. The van der Waals surface area contributed by atoms with Crippen LogP contribution in [0.4, 0.5) is 0 Å². The van der Waals surface area contributed by atoms with Crippen molar-refractivity contribution in [2.45, 2.75) is 32.5 Å². The summed E-state index contributed by atoms with van der Waals surface area (Å²) in [6, 6.07) is 14.0. The second kappa shape index (κ2) is 7.34. The van der Waals surface area contributed by atoms with Crippen LogP contribution >= 0.6 is 0 Å². The summed E-state index contributed by atoms with van der Waals surface area (Å²) in [7, 11) is 0. The molecule has 2 atom stereocenters. The highest BCUT2D eigenvalue weighted by Gasteiger charge is 2.42. The Labute approximate surface area is 184 Å². The number of rotatable bonds is 4. The maximum Gasteiger partial charge on any atom is 0.332 e. The first-order valence-electron chi connectivity index (χ1n) is 10.9. The highest BCUT2D eigenvalue weighted by atomic mass is 16.7. The van der Waals surface area contributed by atoms with Gasteiger partial charge >= 0.3 is 11.1 Å². The number of aryl methyl sites for hydroxylation is 1. The number of nitrogens with zero attached hydrogens (tertiary/aromatic N) is 4. The van der Waals surface area contributed by atoms with Crippen molar-refractivity contribution < 1.29 is 9.47 Å². The normalized spacial score (nSPS) is 21.0. The summed E-state index contributed by atoms with van der Waals surface area (Å²) in [5.74, 6) is 2.76. The van der Waals surface area contributed by atoms with Crippen LogP contribution in [0.15, 0.2) is 52.1 Å². The van der Waals surface area contributed by atoms with Crippen molar-refractivity contribution in [3.05, 3.63) is 85.7 Å². The van der Waals surface area contributed by atoms with Gasteiger partial charge in [0.05, 0.1) is 6.54 Å². The molecule has 1 aromatic heterocycles. The molecule has 8 heteroatoms. The number of hydrogen-bond acceptors (Lipinski definition) is 6. The van der Waals surface area contributed by atoms with Gasteiger partial charge in [-0.1, -0.05) is 35.9 Å². The van der Waals surface area contributed by atoms with Gasteiger partial charge in [-0.15, -0.1) is 0 Å². The van der Waals surface area contributed by atoms with Crippen LogP contribution in [0.2, 0.25) is 0 Å². The van der Waals surface area contributed by atoms with Crippen molar-refractivity contribution in [2.75, 3.05) is 19.9 Å². The lowest BCUT2D eigenvalue weighted by molar-refractivity contribution is 0.174. The second-order valence-corrected chi connectivity index (χ2v) is 8.97. The van der Waals surface area contributed by atoms with Gasteiger partial charge in [0.15, 0.2) is 11.5 Å². The standard InChI is InChI=1S/C24H24N4O4/c1-15-2-4-16(5-3-15)10-28-24(30)23(29)27-12-18-11-26(13-19(18)22(27)25-28)9-17-6-7-20-21(8-17)32-14-31-20/h2-8,18-19H,9-14H2,1H3/t18-,19-/m0/s1. The van der Waals surface area contributed by atoms with Gasteiger partial charge in [0.1, 0.15) is 5.82 Å². The van der Waals surface area contributed by atoms with E-state index in [1.54, 1.807) is 4.57 Å². The van der Waals surface area contributed by atoms with E-state index >= 15 is 0 Å². The van der Waals surface area contributed by atoms with E-state index in [1.807, 2.05) is 43.3 Å². The van der Waals surface area contributed by atoms with Crippen molar-refractivity contribution >= 4 is 0 Å². The van der Waals surface area contributed by atoms with Gasteiger partial charge in [0.25, 0.3) is 0 Å². The van der Waals surface area contributed by atoms with Gasteiger partial charge in [0.2, 0.25) is 6.79 Å². The smallest absolute Gasteiger partial charge is 0.332 e. The maximum absolute atomic E-state index is 12.8. The van der Waals surface area contributed by atoms with E-state index in [0.717, 1.165) is 48.1 Å². The fourth-order valence-corrected chi connectivity index (χ4v) is 5.08. The molecule has 0 saturated carbocycles. The predicted molar refractivity (Wildman–Crippen MR) is 117 cm³/mol. The minimum atomic E-state index is -0.550. The van der Waals surface area contributed by atoms with Crippen LogP contribution in [0.5, 0.6) is 11.5 Å². The molecule has 3 aliphatic heterocycles. The first kappa shape index (κ1) is 19.3. The molecular formula is C24H24N4O4. The summed E-state index contributed by atoms with van der Waals surface area (Å²) >= 11 is 0. The molecule has 4 heterocycles. The molecular weight excluding hydrogens is 408 g/mol. The zero-order valence-corrected chi connectivity index (χ0v) is 17.9. The number of ether oxygens (including phenoxy) is 2. The number of likely N-dealkylation sites (tertiary alicyclic amines) is 1. The molecule has 6 rings (SSSR count). The predicted octanol–water partition coefficient (Wildman–Crippen LogP) is 1.72. The molecule has 0 radical (unpaired) electrons. The first-order chi connectivity index (χ1) is 15.5. The van der Waals surface area contributed by atoms with Gasteiger partial charge in [0, 0.05) is 38.0 Å². The quantitative estimate of drug-likeness (QED) is 0.585.